The van der Waals surface area contributed by atoms with Gasteiger partial charge < -0.3 is 0 Å². The van der Waals surface area contributed by atoms with Gasteiger partial charge in [0.2, 0.25) is 0 Å². The van der Waals surface area contributed by atoms with Gasteiger partial charge in [-0.15, -0.1) is 0 Å². The second-order valence-corrected chi connectivity index (χ2v) is 0. The Labute approximate surface area is 80.9 Å². The molecule has 3 heteroatoms. The number of rotatable bonds is 0. The molecule has 0 amide bonds. The van der Waals surface area contributed by atoms with Crippen LogP contribution in [0.4, 0.5) is 0 Å². The number of nitriles is 1. The molecule has 0 aromatic carbocycles. The van der Waals surface area contributed by atoms with Crippen LogP contribution >= 0.6 is 0 Å². The van der Waals surface area contributed by atoms with Gasteiger partial charge >= 0.3 is 51.4 Å². The van der Waals surface area contributed by atoms with Crippen molar-refractivity contribution in [2.24, 2.45) is 0 Å². The van der Waals surface area contributed by atoms with Crippen molar-refractivity contribution in [3.8, 4) is 6.57 Å². The van der Waals surface area contributed by atoms with Crippen LogP contribution in [0.25, 0.3) is 0 Å². The summed E-state index contributed by atoms with van der Waals surface area (Å²) in [6.07, 6.45) is 0. The first-order valence-corrected chi connectivity index (χ1v) is 0.258. The predicted octanol–water partition coefficient (Wildman–Crippen LogP) is -0.511. The van der Waals surface area contributed by atoms with Gasteiger partial charge in [0.25, 0.3) is 0 Å². The van der Waals surface area contributed by atoms with Crippen molar-refractivity contribution < 1.29 is 19.5 Å². The molecule has 0 rings (SSSR count). The molecule has 0 fully saturated rings. The van der Waals surface area contributed by atoms with Crippen LogP contribution in [0.3, 0.4) is 0 Å². The van der Waals surface area contributed by atoms with E-state index in [1.54, 1.807) is 0 Å². The van der Waals surface area contributed by atoms with Crippen LogP contribution in [0.1, 0.15) is 0 Å². The zero-order valence-corrected chi connectivity index (χ0v) is 4.70. The van der Waals surface area contributed by atoms with Crippen LogP contribution in [0.15, 0.2) is 0 Å². The molecule has 4 heavy (non-hydrogen) atoms. The summed E-state index contributed by atoms with van der Waals surface area (Å²) in [5.41, 5.74) is 0. The van der Waals surface area contributed by atoms with Crippen LogP contribution in [0.2, 0.25) is 0 Å². The minimum Gasteiger partial charge on any atom is 0 e. The van der Waals surface area contributed by atoms with Crippen molar-refractivity contribution in [1.82, 2.24) is 0 Å². The molecule has 0 heterocycles. The van der Waals surface area contributed by atoms with Gasteiger partial charge in [0.1, 0.15) is 0 Å². The van der Waals surface area contributed by atoms with E-state index in [1.807, 2.05) is 0 Å². The fraction of sp³-hybridized carbons (Fsp3) is 0. The van der Waals surface area contributed by atoms with Crippen LogP contribution in [-0.4, -0.2) is 51.4 Å². The zero-order chi connectivity index (χ0) is 2.00. The van der Waals surface area contributed by atoms with Crippen molar-refractivity contribution in [3.63, 3.8) is 0 Å². The van der Waals surface area contributed by atoms with Gasteiger partial charge in [-0.1, -0.05) is 0 Å². The van der Waals surface area contributed by atoms with Gasteiger partial charge in [-0.25, -0.2) is 5.26 Å². The van der Waals surface area contributed by atoms with E-state index in [2.05, 4.69) is 6.57 Å². The molecular weight excluding hydrogens is 131 g/mol. The molecule has 0 unspecified atom stereocenters. The van der Waals surface area contributed by atoms with E-state index in [-0.39, 0.29) is 70.9 Å². The van der Waals surface area contributed by atoms with E-state index in [4.69, 9.17) is 5.26 Å². The topological polar surface area (TPSA) is 23.8 Å². The normalized spacial score (nSPS) is 0.500. The average Bonchev–Trinajstić information content (AvgIpc) is 1.00. The molecule has 0 aliphatic carbocycles. The molecule has 0 aliphatic rings. The molecule has 0 aromatic heterocycles. The molecule has 0 spiro atoms. The van der Waals surface area contributed by atoms with Gasteiger partial charge in [-0.3, -0.25) is 0 Å². The fourth-order valence-electron chi connectivity index (χ4n) is 0. The Morgan fingerprint density at radius 3 is 1.25 bits per heavy atom. The summed E-state index contributed by atoms with van der Waals surface area (Å²) in [5, 5.41) is 6.50. The third-order valence-electron chi connectivity index (χ3n) is 0. The van der Waals surface area contributed by atoms with Crippen LogP contribution < -0.4 is 0 Å². The minimum atomic E-state index is 0. The van der Waals surface area contributed by atoms with Gasteiger partial charge in [-0.2, -0.15) is 0 Å². The number of hydrogen-bond acceptors (Lipinski definition) is 1. The second-order valence-electron chi connectivity index (χ2n) is 0. The van der Waals surface area contributed by atoms with E-state index >= 15 is 0 Å². The van der Waals surface area contributed by atoms with Crippen molar-refractivity contribution in [1.29, 1.82) is 5.26 Å². The smallest absolute Gasteiger partial charge is 0 e. The maximum atomic E-state index is 6.50. The summed E-state index contributed by atoms with van der Waals surface area (Å²) in [6, 6.07) is 0. The first kappa shape index (κ1) is 17.2. The van der Waals surface area contributed by atoms with Crippen molar-refractivity contribution in [2.75, 3.05) is 0 Å². The molecule has 0 radical (unpaired) electrons. The van der Waals surface area contributed by atoms with E-state index < -0.39 is 0 Å². The van der Waals surface area contributed by atoms with E-state index in [9.17, 15) is 0 Å². The summed E-state index contributed by atoms with van der Waals surface area (Å²) in [4.78, 5) is 0. The van der Waals surface area contributed by atoms with Crippen molar-refractivity contribution >= 4 is 51.4 Å². The molecule has 0 aliphatic heterocycles. The van der Waals surface area contributed by atoms with Gasteiger partial charge in [-0.05, 0) is 0 Å². The largest absolute Gasteiger partial charge is 0 e. The van der Waals surface area contributed by atoms with E-state index in [0.717, 1.165) is 0 Å². The molecular formula is CH2KNZn. The SMILES string of the molecule is C#N.[KH].[Zn]. The molecule has 14 valence electrons. The minimum absolute atomic E-state index is 0. The summed E-state index contributed by atoms with van der Waals surface area (Å²) >= 11 is 0. The molecule has 0 bridgehead atoms. The first-order chi connectivity index (χ1) is 1.00. The number of nitrogens with zero attached hydrogens (tertiary/aromatic N) is 1. The quantitative estimate of drug-likeness (QED) is 0.407. The van der Waals surface area contributed by atoms with Crippen LogP contribution in [-0.2, 0) is 19.5 Å². The maximum Gasteiger partial charge on any atom is 0 e. The maximum absolute atomic E-state index is 6.50. The van der Waals surface area contributed by atoms with Gasteiger partial charge in [0, 0.05) is 26.1 Å². The molecule has 1 nitrogen and oxygen atoms in total. The summed E-state index contributed by atoms with van der Waals surface area (Å²) in [6.45, 7) is 3.50. The van der Waals surface area contributed by atoms with Gasteiger partial charge in [0.05, 0.1) is 0 Å². The fourth-order valence-corrected chi connectivity index (χ4v) is 0. The Morgan fingerprint density at radius 2 is 1.25 bits per heavy atom. The predicted molar refractivity (Wildman–Crippen MR) is 13.8 cm³/mol. The number of hydrogen-bond donors (Lipinski definition) is 0. The average molecular weight is 133 g/mol. The summed E-state index contributed by atoms with van der Waals surface area (Å²) < 4.78 is 0. The molecule has 0 atom stereocenters. The Balaban J connectivity index is -0.00000000500. The van der Waals surface area contributed by atoms with Crippen LogP contribution in [0, 0.1) is 11.8 Å². The second kappa shape index (κ2) is 21.8. The Morgan fingerprint density at radius 1 is 1.25 bits per heavy atom. The van der Waals surface area contributed by atoms with E-state index in [0.29, 0.717) is 0 Å². The molecule has 0 N–H and O–H groups in total. The molecule has 0 saturated heterocycles. The monoisotopic (exact) mass is 131 g/mol. The Bertz CT molecular complexity index is 12.8. The molecule has 0 saturated carbocycles. The Hall–Kier alpha value is 1.75. The summed E-state index contributed by atoms with van der Waals surface area (Å²) in [5.74, 6) is 0. The zero-order valence-electron chi connectivity index (χ0n) is 1.73. The summed E-state index contributed by atoms with van der Waals surface area (Å²) in [7, 11) is 0. The standard InChI is InChI=1S/CHN.K.Zn.H/c1-2;;;/h1H;;;. The van der Waals surface area contributed by atoms with Crippen LogP contribution in [0.5, 0.6) is 0 Å². The van der Waals surface area contributed by atoms with Crippen molar-refractivity contribution in [3.05, 3.63) is 0 Å². The van der Waals surface area contributed by atoms with Crippen molar-refractivity contribution in [2.45, 2.75) is 0 Å². The molecule has 0 aromatic rings. The third-order valence-corrected chi connectivity index (χ3v) is 0. The third kappa shape index (κ3) is 9.26. The van der Waals surface area contributed by atoms with E-state index in [1.165, 1.54) is 0 Å². The first-order valence-electron chi connectivity index (χ1n) is 0.258. The Kier molecular flexibility index (Phi) is 93.6. The van der Waals surface area contributed by atoms with Gasteiger partial charge in [0.15, 0.2) is 0 Å².